The Hall–Kier alpha value is -1.36. The Kier molecular flexibility index (Phi) is 2.24. The van der Waals surface area contributed by atoms with E-state index in [1.54, 1.807) is 11.3 Å². The minimum Gasteiger partial charge on any atom is -0.390 e. The van der Waals surface area contributed by atoms with E-state index in [4.69, 9.17) is 5.73 Å². The predicted octanol–water partition coefficient (Wildman–Crippen LogP) is 2.41. The lowest BCUT2D eigenvalue weighted by atomic mass is 10.1. The van der Waals surface area contributed by atoms with E-state index in [2.05, 4.69) is 14.8 Å². The molecule has 0 radical (unpaired) electrons. The summed E-state index contributed by atoms with van der Waals surface area (Å²) in [6.07, 6.45) is 7.11. The molecule has 0 fully saturated rings. The van der Waals surface area contributed by atoms with Crippen LogP contribution in [0.5, 0.6) is 0 Å². The highest BCUT2D eigenvalue weighted by Gasteiger charge is 2.26. The van der Waals surface area contributed by atoms with E-state index >= 15 is 0 Å². The van der Waals surface area contributed by atoms with Gasteiger partial charge in [-0.25, -0.2) is 0 Å². The third kappa shape index (κ3) is 1.37. The number of hydrogen-bond acceptors (Lipinski definition) is 4. The Bertz CT molecular complexity index is 611. The van der Waals surface area contributed by atoms with Crippen LogP contribution in [0.15, 0.2) is 0 Å². The van der Waals surface area contributed by atoms with Gasteiger partial charge in [-0.15, -0.1) is 21.5 Å². The van der Waals surface area contributed by atoms with Crippen molar-refractivity contribution in [3.05, 3.63) is 16.3 Å². The monoisotopic (exact) mass is 260 g/mol. The lowest BCUT2D eigenvalue weighted by Crippen LogP contribution is -2.12. The van der Waals surface area contributed by atoms with Crippen LogP contribution in [0.3, 0.4) is 0 Å². The molecular weight excluding hydrogens is 244 g/mol. The van der Waals surface area contributed by atoms with E-state index in [9.17, 15) is 0 Å². The second-order valence-corrected chi connectivity index (χ2v) is 6.28. The maximum atomic E-state index is 6.21. The lowest BCUT2D eigenvalue weighted by Gasteiger charge is -2.15. The number of fused-ring (bicyclic) bond motifs is 2. The molecule has 2 aromatic rings. The summed E-state index contributed by atoms with van der Waals surface area (Å²) in [5.41, 5.74) is 8.84. The molecule has 0 spiro atoms. The van der Waals surface area contributed by atoms with Gasteiger partial charge in [0.15, 0.2) is 5.82 Å². The molecular formula is C13H16N4S. The summed E-state index contributed by atoms with van der Waals surface area (Å²) in [7, 11) is 0. The van der Waals surface area contributed by atoms with Crippen molar-refractivity contribution in [3.8, 4) is 11.4 Å². The molecule has 2 aliphatic rings. The van der Waals surface area contributed by atoms with Crippen molar-refractivity contribution >= 4 is 16.3 Å². The molecule has 3 heterocycles. The van der Waals surface area contributed by atoms with Gasteiger partial charge in [-0.2, -0.15) is 0 Å². The minimum absolute atomic E-state index is 0.931. The minimum atomic E-state index is 0.931. The van der Waals surface area contributed by atoms with Crippen LogP contribution in [0.25, 0.3) is 11.4 Å². The van der Waals surface area contributed by atoms with E-state index in [1.165, 1.54) is 41.7 Å². The van der Waals surface area contributed by atoms with Gasteiger partial charge < -0.3 is 10.3 Å². The molecule has 0 atom stereocenters. The summed E-state index contributed by atoms with van der Waals surface area (Å²) in [5.74, 6) is 2.15. The number of rotatable bonds is 1. The van der Waals surface area contributed by atoms with Gasteiger partial charge in [-0.3, -0.25) is 0 Å². The zero-order valence-corrected chi connectivity index (χ0v) is 11.1. The van der Waals surface area contributed by atoms with E-state index in [-0.39, 0.29) is 0 Å². The van der Waals surface area contributed by atoms with Gasteiger partial charge in [0.2, 0.25) is 0 Å². The molecule has 0 saturated carbocycles. The maximum absolute atomic E-state index is 6.21. The number of aryl methyl sites for hydroxylation is 2. The van der Waals surface area contributed by atoms with Crippen molar-refractivity contribution in [1.29, 1.82) is 0 Å². The Labute approximate surface area is 110 Å². The number of nitrogens with zero attached hydrogens (tertiary/aromatic N) is 3. The summed E-state index contributed by atoms with van der Waals surface area (Å²) in [6, 6.07) is 0. The van der Waals surface area contributed by atoms with E-state index in [0.717, 1.165) is 36.0 Å². The van der Waals surface area contributed by atoms with E-state index < -0.39 is 0 Å². The number of thiophene rings is 1. The molecule has 5 heteroatoms. The van der Waals surface area contributed by atoms with Gasteiger partial charge in [0.1, 0.15) is 5.82 Å². The van der Waals surface area contributed by atoms with Crippen molar-refractivity contribution in [2.75, 3.05) is 5.73 Å². The Morgan fingerprint density at radius 2 is 2.00 bits per heavy atom. The van der Waals surface area contributed by atoms with Crippen molar-refractivity contribution in [2.24, 2.45) is 0 Å². The quantitative estimate of drug-likeness (QED) is 0.856. The van der Waals surface area contributed by atoms with Crippen LogP contribution in [-0.4, -0.2) is 14.8 Å². The number of aromatic nitrogens is 3. The van der Waals surface area contributed by atoms with Gasteiger partial charge in [0.25, 0.3) is 0 Å². The molecule has 18 heavy (non-hydrogen) atoms. The first-order valence-corrected chi connectivity index (χ1v) is 7.48. The van der Waals surface area contributed by atoms with Crippen molar-refractivity contribution in [3.63, 3.8) is 0 Å². The Morgan fingerprint density at radius 1 is 1.06 bits per heavy atom. The average Bonchev–Trinajstić information content (AvgIpc) is 3.03. The average molecular weight is 260 g/mol. The van der Waals surface area contributed by atoms with Gasteiger partial charge in [-0.1, -0.05) is 0 Å². The van der Waals surface area contributed by atoms with Crippen molar-refractivity contribution < 1.29 is 0 Å². The highest BCUT2D eigenvalue weighted by atomic mass is 32.1. The second kappa shape index (κ2) is 3.82. The summed E-state index contributed by atoms with van der Waals surface area (Å²) in [6.45, 7) is 1.04. The molecule has 0 bridgehead atoms. The second-order valence-electron chi connectivity index (χ2n) is 5.15. The standard InChI is InChI=1S/C13H16N4S/c14-12-11(8-4-3-5-9(8)18-12)13-16-15-10-6-1-2-7-17(10)13/h1-7,14H2. The van der Waals surface area contributed by atoms with Crippen molar-refractivity contribution in [2.45, 2.75) is 45.1 Å². The normalized spacial score (nSPS) is 17.8. The van der Waals surface area contributed by atoms with Crippen LogP contribution in [0.4, 0.5) is 5.00 Å². The highest BCUT2D eigenvalue weighted by molar-refractivity contribution is 7.16. The molecule has 2 aromatic heterocycles. The van der Waals surface area contributed by atoms with Crippen LogP contribution < -0.4 is 5.73 Å². The van der Waals surface area contributed by atoms with Crippen LogP contribution in [0.2, 0.25) is 0 Å². The molecule has 4 nitrogen and oxygen atoms in total. The fourth-order valence-electron chi connectivity index (χ4n) is 3.16. The van der Waals surface area contributed by atoms with Crippen LogP contribution in [0.1, 0.15) is 35.5 Å². The summed E-state index contributed by atoms with van der Waals surface area (Å²) < 4.78 is 2.28. The van der Waals surface area contributed by atoms with E-state index in [0.29, 0.717) is 0 Å². The summed E-state index contributed by atoms with van der Waals surface area (Å²) in [5, 5.41) is 9.69. The largest absolute Gasteiger partial charge is 0.390 e. The number of nitrogen functional groups attached to an aromatic ring is 1. The maximum Gasteiger partial charge on any atom is 0.167 e. The first-order valence-electron chi connectivity index (χ1n) is 6.67. The summed E-state index contributed by atoms with van der Waals surface area (Å²) in [4.78, 5) is 1.47. The number of nitrogens with two attached hydrogens (primary N) is 1. The first-order chi connectivity index (χ1) is 8.84. The predicted molar refractivity (Wildman–Crippen MR) is 72.7 cm³/mol. The summed E-state index contributed by atoms with van der Waals surface area (Å²) >= 11 is 1.75. The number of hydrogen-bond donors (Lipinski definition) is 1. The van der Waals surface area contributed by atoms with Crippen LogP contribution in [0, 0.1) is 0 Å². The smallest absolute Gasteiger partial charge is 0.167 e. The molecule has 1 aliphatic heterocycles. The number of anilines is 1. The van der Waals surface area contributed by atoms with Gasteiger partial charge in [0.05, 0.1) is 10.6 Å². The highest BCUT2D eigenvalue weighted by Crippen LogP contribution is 2.43. The van der Waals surface area contributed by atoms with E-state index in [1.807, 2.05) is 0 Å². The third-order valence-corrected chi connectivity index (χ3v) is 5.15. The molecule has 2 N–H and O–H groups in total. The van der Waals surface area contributed by atoms with Crippen molar-refractivity contribution in [1.82, 2.24) is 14.8 Å². The van der Waals surface area contributed by atoms with Crippen LogP contribution >= 0.6 is 11.3 Å². The molecule has 94 valence electrons. The first kappa shape index (κ1) is 10.6. The molecule has 4 rings (SSSR count). The lowest BCUT2D eigenvalue weighted by molar-refractivity contribution is 0.526. The zero-order chi connectivity index (χ0) is 12.1. The zero-order valence-electron chi connectivity index (χ0n) is 10.3. The molecule has 1 aliphatic carbocycles. The van der Waals surface area contributed by atoms with Crippen LogP contribution in [-0.2, 0) is 25.8 Å². The fraction of sp³-hybridized carbons (Fsp3) is 0.538. The molecule has 0 saturated heterocycles. The third-order valence-electron chi connectivity index (χ3n) is 4.03. The fourth-order valence-corrected chi connectivity index (χ4v) is 4.32. The Morgan fingerprint density at radius 3 is 2.94 bits per heavy atom. The molecule has 0 amide bonds. The molecule has 0 aromatic carbocycles. The van der Waals surface area contributed by atoms with Gasteiger partial charge in [-0.05, 0) is 37.7 Å². The van der Waals surface area contributed by atoms with Gasteiger partial charge >= 0.3 is 0 Å². The topological polar surface area (TPSA) is 56.7 Å². The molecule has 0 unspecified atom stereocenters. The Balaban J connectivity index is 1.91. The van der Waals surface area contributed by atoms with Gasteiger partial charge in [0, 0.05) is 17.8 Å². The SMILES string of the molecule is Nc1sc2c(c1-c1nnc3n1CCCC3)CCC2.